The Labute approximate surface area is 139 Å². The van der Waals surface area contributed by atoms with Crippen LogP contribution in [0.1, 0.15) is 51.4 Å². The average Bonchev–Trinajstić information content (AvgIpc) is 2.58. The molecule has 136 valence electrons. The van der Waals surface area contributed by atoms with Gasteiger partial charge in [0.15, 0.2) is 0 Å². The number of nitrogens with one attached hydrogen (secondary N) is 2. The molecule has 2 aliphatic carbocycles. The number of methoxy groups -OCH3 is 1. The van der Waals surface area contributed by atoms with Gasteiger partial charge >= 0.3 is 5.97 Å². The van der Waals surface area contributed by atoms with Crippen LogP contribution in [-0.2, 0) is 19.1 Å². The molecule has 0 radical (unpaired) electrons. The maximum Gasteiger partial charge on any atom is 0.308 e. The molecule has 0 atom stereocenters. The fraction of sp³-hybridized carbons (Fsp3) is 0.812. The molecule has 8 heteroatoms. The number of ether oxygens (including phenoxy) is 1. The van der Waals surface area contributed by atoms with Gasteiger partial charge in [-0.2, -0.15) is 0 Å². The molecule has 6 nitrogen and oxygen atoms in total. The van der Waals surface area contributed by atoms with Crippen LogP contribution < -0.4 is 10.9 Å². The van der Waals surface area contributed by atoms with Gasteiger partial charge in [-0.15, -0.1) is 0 Å². The largest absolute Gasteiger partial charge is 0.469 e. The molecule has 0 saturated heterocycles. The van der Waals surface area contributed by atoms with Gasteiger partial charge in [0.1, 0.15) is 0 Å². The second-order valence-corrected chi connectivity index (χ2v) is 6.68. The molecule has 2 amide bonds. The van der Waals surface area contributed by atoms with Gasteiger partial charge < -0.3 is 4.74 Å². The van der Waals surface area contributed by atoms with Crippen molar-refractivity contribution in [2.75, 3.05) is 7.11 Å². The average molecular weight is 346 g/mol. The van der Waals surface area contributed by atoms with E-state index in [1.807, 2.05) is 0 Å². The summed E-state index contributed by atoms with van der Waals surface area (Å²) in [5, 5.41) is 0. The van der Waals surface area contributed by atoms with Crippen LogP contribution in [-0.4, -0.2) is 30.8 Å². The summed E-state index contributed by atoms with van der Waals surface area (Å²) in [5.74, 6) is -4.57. The van der Waals surface area contributed by atoms with E-state index in [1.165, 1.54) is 7.11 Å². The molecule has 0 bridgehead atoms. The molecular weight excluding hydrogens is 322 g/mol. The molecule has 0 aromatic heterocycles. The van der Waals surface area contributed by atoms with E-state index in [4.69, 9.17) is 4.74 Å². The molecule has 0 aromatic rings. The standard InChI is InChI=1S/C16H24F2N2O4/c1-24-15(23)12-4-2-10(3-5-12)13(21)19-20-14(22)11-6-8-16(17,18)9-7-11/h10-12H,2-9H2,1H3,(H,19,21)(H,20,22)/t10-,12-. The monoisotopic (exact) mass is 346 g/mol. The second kappa shape index (κ2) is 7.90. The van der Waals surface area contributed by atoms with E-state index >= 15 is 0 Å². The summed E-state index contributed by atoms with van der Waals surface area (Å²) in [6.07, 6.45) is 1.92. The fourth-order valence-corrected chi connectivity index (χ4v) is 3.39. The van der Waals surface area contributed by atoms with Crippen molar-refractivity contribution in [3.05, 3.63) is 0 Å². The lowest BCUT2D eigenvalue weighted by Crippen LogP contribution is -2.48. The number of hydrogen-bond acceptors (Lipinski definition) is 4. The van der Waals surface area contributed by atoms with Crippen molar-refractivity contribution in [2.24, 2.45) is 17.8 Å². The summed E-state index contributed by atoms with van der Waals surface area (Å²) < 4.78 is 30.9. The third kappa shape index (κ3) is 4.88. The Morgan fingerprint density at radius 1 is 0.833 bits per heavy atom. The molecular formula is C16H24F2N2O4. The smallest absolute Gasteiger partial charge is 0.308 e. The predicted molar refractivity (Wildman–Crippen MR) is 80.7 cm³/mol. The molecule has 2 N–H and O–H groups in total. The minimum absolute atomic E-state index is 0.124. The third-order valence-electron chi connectivity index (χ3n) is 5.03. The highest BCUT2D eigenvalue weighted by Gasteiger charge is 2.37. The van der Waals surface area contributed by atoms with Crippen molar-refractivity contribution in [3.8, 4) is 0 Å². The fourth-order valence-electron chi connectivity index (χ4n) is 3.39. The first-order valence-electron chi connectivity index (χ1n) is 8.38. The number of esters is 1. The Bertz CT molecular complexity index is 480. The first-order chi connectivity index (χ1) is 11.3. The van der Waals surface area contributed by atoms with Gasteiger partial charge in [0, 0.05) is 24.7 Å². The van der Waals surface area contributed by atoms with E-state index in [-0.39, 0.29) is 49.4 Å². The van der Waals surface area contributed by atoms with Crippen LogP contribution in [0.2, 0.25) is 0 Å². The summed E-state index contributed by atoms with van der Waals surface area (Å²) in [6.45, 7) is 0. The van der Waals surface area contributed by atoms with Crippen LogP contribution in [0.25, 0.3) is 0 Å². The van der Waals surface area contributed by atoms with Crippen LogP contribution in [0.5, 0.6) is 0 Å². The number of carbonyl (C=O) groups is 3. The van der Waals surface area contributed by atoms with Crippen LogP contribution in [0.4, 0.5) is 8.78 Å². The Hall–Kier alpha value is -1.73. The van der Waals surface area contributed by atoms with Gasteiger partial charge in [-0.05, 0) is 38.5 Å². The van der Waals surface area contributed by atoms with Crippen LogP contribution in [0, 0.1) is 17.8 Å². The van der Waals surface area contributed by atoms with Crippen molar-refractivity contribution in [3.63, 3.8) is 0 Å². The lowest BCUT2D eigenvalue weighted by Gasteiger charge is -2.28. The van der Waals surface area contributed by atoms with Gasteiger partial charge in [-0.3, -0.25) is 25.2 Å². The molecule has 0 spiro atoms. The van der Waals surface area contributed by atoms with Crippen molar-refractivity contribution >= 4 is 17.8 Å². The predicted octanol–water partition coefficient (Wildman–Crippen LogP) is 1.94. The lowest BCUT2D eigenvalue weighted by molar-refractivity contribution is -0.147. The van der Waals surface area contributed by atoms with Gasteiger partial charge in [0.2, 0.25) is 17.7 Å². The maximum atomic E-state index is 13.1. The molecule has 24 heavy (non-hydrogen) atoms. The zero-order chi connectivity index (χ0) is 17.7. The molecule has 0 aliphatic heterocycles. The maximum absolute atomic E-state index is 13.1. The minimum Gasteiger partial charge on any atom is -0.469 e. The van der Waals surface area contributed by atoms with Gasteiger partial charge in [0.05, 0.1) is 13.0 Å². The summed E-state index contributed by atoms with van der Waals surface area (Å²) >= 11 is 0. The van der Waals surface area contributed by atoms with E-state index in [2.05, 4.69) is 10.9 Å². The molecule has 0 heterocycles. The summed E-state index contributed by atoms with van der Waals surface area (Å²) in [6, 6.07) is 0. The molecule has 0 aromatic carbocycles. The third-order valence-corrected chi connectivity index (χ3v) is 5.03. The highest BCUT2D eigenvalue weighted by molar-refractivity contribution is 5.84. The van der Waals surface area contributed by atoms with Crippen molar-refractivity contribution < 1.29 is 27.9 Å². The van der Waals surface area contributed by atoms with Gasteiger partial charge in [-0.1, -0.05) is 0 Å². The number of hydrogen-bond donors (Lipinski definition) is 2. The van der Waals surface area contributed by atoms with E-state index in [1.54, 1.807) is 0 Å². The number of carbonyl (C=O) groups excluding carboxylic acids is 3. The van der Waals surface area contributed by atoms with Crippen LogP contribution in [0.3, 0.4) is 0 Å². The summed E-state index contributed by atoms with van der Waals surface area (Å²) in [5.41, 5.74) is 4.73. The zero-order valence-electron chi connectivity index (χ0n) is 13.8. The van der Waals surface area contributed by atoms with Crippen molar-refractivity contribution in [2.45, 2.75) is 57.3 Å². The first-order valence-corrected chi connectivity index (χ1v) is 8.38. The Morgan fingerprint density at radius 3 is 1.71 bits per heavy atom. The van der Waals surface area contributed by atoms with Crippen LogP contribution in [0.15, 0.2) is 0 Å². The van der Waals surface area contributed by atoms with Crippen LogP contribution >= 0.6 is 0 Å². The number of halogens is 2. The summed E-state index contributed by atoms with van der Waals surface area (Å²) in [7, 11) is 1.35. The zero-order valence-corrected chi connectivity index (χ0v) is 13.8. The topological polar surface area (TPSA) is 84.5 Å². The van der Waals surface area contributed by atoms with E-state index < -0.39 is 17.7 Å². The van der Waals surface area contributed by atoms with Crippen molar-refractivity contribution in [1.82, 2.24) is 10.9 Å². The highest BCUT2D eigenvalue weighted by atomic mass is 19.3. The van der Waals surface area contributed by atoms with E-state index in [9.17, 15) is 23.2 Å². The van der Waals surface area contributed by atoms with E-state index in [0.717, 1.165) is 0 Å². The second-order valence-electron chi connectivity index (χ2n) is 6.68. The number of rotatable bonds is 3. The molecule has 2 fully saturated rings. The molecule has 2 rings (SSSR count). The number of alkyl halides is 2. The highest BCUT2D eigenvalue weighted by Crippen LogP contribution is 2.36. The minimum atomic E-state index is -2.68. The van der Waals surface area contributed by atoms with Gasteiger partial charge in [0.25, 0.3) is 0 Å². The quantitative estimate of drug-likeness (QED) is 0.604. The van der Waals surface area contributed by atoms with Crippen molar-refractivity contribution in [1.29, 1.82) is 0 Å². The molecule has 2 saturated carbocycles. The first kappa shape index (κ1) is 18.6. The Kier molecular flexibility index (Phi) is 6.12. The number of amides is 2. The summed E-state index contributed by atoms with van der Waals surface area (Å²) in [4.78, 5) is 35.5. The number of hydrazine groups is 1. The SMILES string of the molecule is COC(=O)[C@H]1CC[C@H](C(=O)NNC(=O)C2CCC(F)(F)CC2)CC1. The van der Waals surface area contributed by atoms with E-state index in [0.29, 0.717) is 25.7 Å². The Morgan fingerprint density at radius 2 is 1.25 bits per heavy atom. The van der Waals surface area contributed by atoms with Gasteiger partial charge in [-0.25, -0.2) is 8.78 Å². The molecule has 2 aliphatic rings. The lowest BCUT2D eigenvalue weighted by atomic mass is 9.81. The molecule has 0 unspecified atom stereocenters. The normalized spacial score (nSPS) is 27.1. The Balaban J connectivity index is 1.70.